The van der Waals surface area contributed by atoms with Gasteiger partial charge in [-0.3, -0.25) is 0 Å². The lowest BCUT2D eigenvalue weighted by atomic mass is 10.2. The van der Waals surface area contributed by atoms with E-state index in [1.165, 1.54) is 6.07 Å². The summed E-state index contributed by atoms with van der Waals surface area (Å²) in [6, 6.07) is 5.45. The first kappa shape index (κ1) is 15.9. The number of ether oxygens (including phenoxy) is 1. The van der Waals surface area contributed by atoms with Crippen LogP contribution in [0.5, 0.6) is 5.75 Å². The molecule has 0 radical (unpaired) electrons. The van der Waals surface area contributed by atoms with Gasteiger partial charge in [0.25, 0.3) is 0 Å². The summed E-state index contributed by atoms with van der Waals surface area (Å²) in [5.41, 5.74) is 1.76. The molecule has 0 unspecified atom stereocenters. The minimum absolute atomic E-state index is 0.273. The van der Waals surface area contributed by atoms with Gasteiger partial charge in [0.15, 0.2) is 11.6 Å². The Kier molecular flexibility index (Phi) is 5.70. The Bertz CT molecular complexity index is 583. The highest BCUT2D eigenvalue weighted by Gasteiger charge is 2.07. The summed E-state index contributed by atoms with van der Waals surface area (Å²) >= 11 is 1.61. The molecular formula is C16H21FN2OS. The Hall–Kier alpha value is -1.46. The van der Waals surface area contributed by atoms with Gasteiger partial charge in [0.05, 0.1) is 10.7 Å². The maximum atomic E-state index is 14.0. The fraction of sp³-hybridized carbons (Fsp3) is 0.438. The van der Waals surface area contributed by atoms with E-state index in [0.29, 0.717) is 19.2 Å². The summed E-state index contributed by atoms with van der Waals surface area (Å²) in [6.45, 7) is 7.14. The molecule has 21 heavy (non-hydrogen) atoms. The topological polar surface area (TPSA) is 34.1 Å². The number of nitrogens with zero attached hydrogens (tertiary/aromatic N) is 1. The quantitative estimate of drug-likeness (QED) is 0.842. The maximum absolute atomic E-state index is 14.0. The molecule has 2 rings (SSSR count). The highest BCUT2D eigenvalue weighted by Crippen LogP contribution is 2.20. The van der Waals surface area contributed by atoms with Gasteiger partial charge in [-0.05, 0) is 24.1 Å². The maximum Gasteiger partial charge on any atom is 0.165 e. The Morgan fingerprint density at radius 2 is 2.19 bits per heavy atom. The Morgan fingerprint density at radius 3 is 2.81 bits per heavy atom. The fourth-order valence-electron chi connectivity index (χ4n) is 1.82. The van der Waals surface area contributed by atoms with Gasteiger partial charge in [-0.1, -0.05) is 26.8 Å². The number of halogens is 1. The first-order chi connectivity index (χ1) is 10.1. The van der Waals surface area contributed by atoms with Gasteiger partial charge in [-0.2, -0.15) is 0 Å². The molecule has 0 saturated carbocycles. The van der Waals surface area contributed by atoms with Crippen LogP contribution in [0.4, 0.5) is 4.39 Å². The Morgan fingerprint density at radius 1 is 1.38 bits per heavy atom. The molecule has 0 atom stereocenters. The minimum Gasteiger partial charge on any atom is -0.484 e. The number of benzene rings is 1. The molecule has 2 aromatic rings. The van der Waals surface area contributed by atoms with Crippen LogP contribution in [0.2, 0.25) is 0 Å². The third-order valence-electron chi connectivity index (χ3n) is 2.99. The van der Waals surface area contributed by atoms with E-state index >= 15 is 0 Å². The minimum atomic E-state index is -0.330. The predicted molar refractivity (Wildman–Crippen MR) is 84.2 cm³/mol. The highest BCUT2D eigenvalue weighted by atomic mass is 32.1. The standard InChI is InChI=1S/C16H21FN2OS/c1-4-16-19-13(10-21-16)9-20-15-6-5-12(7-14(15)17)8-18-11(2)3/h5-7,10-11,18H,4,8-9H2,1-3H3. The Balaban J connectivity index is 1.94. The van der Waals surface area contributed by atoms with Crippen molar-refractivity contribution >= 4 is 11.3 Å². The van der Waals surface area contributed by atoms with Gasteiger partial charge in [0.1, 0.15) is 6.61 Å². The molecule has 1 N–H and O–H groups in total. The van der Waals surface area contributed by atoms with Gasteiger partial charge >= 0.3 is 0 Å². The van der Waals surface area contributed by atoms with Crippen molar-refractivity contribution in [1.29, 1.82) is 0 Å². The molecule has 0 saturated heterocycles. The zero-order chi connectivity index (χ0) is 15.2. The predicted octanol–water partition coefficient (Wildman–Crippen LogP) is 3.92. The largest absolute Gasteiger partial charge is 0.484 e. The van der Waals surface area contributed by atoms with Crippen molar-refractivity contribution in [2.24, 2.45) is 0 Å². The number of aryl methyl sites for hydroxylation is 1. The lowest BCUT2D eigenvalue weighted by Gasteiger charge is -2.10. The van der Waals surface area contributed by atoms with Gasteiger partial charge in [0.2, 0.25) is 0 Å². The average Bonchev–Trinajstić information content (AvgIpc) is 2.92. The highest BCUT2D eigenvalue weighted by molar-refractivity contribution is 7.09. The summed E-state index contributed by atoms with van der Waals surface area (Å²) in [7, 11) is 0. The number of aromatic nitrogens is 1. The first-order valence-corrected chi connectivity index (χ1v) is 8.04. The van der Waals surface area contributed by atoms with E-state index in [1.54, 1.807) is 17.4 Å². The molecular weight excluding hydrogens is 287 g/mol. The Labute approximate surface area is 129 Å². The first-order valence-electron chi connectivity index (χ1n) is 7.16. The number of rotatable bonds is 7. The van der Waals surface area contributed by atoms with Gasteiger partial charge in [-0.25, -0.2) is 9.37 Å². The third kappa shape index (κ3) is 4.79. The molecule has 114 valence electrons. The SMILES string of the molecule is CCc1nc(COc2ccc(CNC(C)C)cc2F)cs1. The van der Waals surface area contributed by atoms with Crippen LogP contribution in [0.3, 0.4) is 0 Å². The van der Waals surface area contributed by atoms with Crippen LogP contribution in [-0.2, 0) is 19.6 Å². The van der Waals surface area contributed by atoms with Crippen molar-refractivity contribution < 1.29 is 9.13 Å². The molecule has 0 fully saturated rings. The molecule has 0 bridgehead atoms. The van der Waals surface area contributed by atoms with E-state index in [-0.39, 0.29) is 11.6 Å². The molecule has 0 aliphatic heterocycles. The van der Waals surface area contributed by atoms with Crippen LogP contribution < -0.4 is 10.1 Å². The number of thiazole rings is 1. The van der Waals surface area contributed by atoms with E-state index in [9.17, 15) is 4.39 Å². The van der Waals surface area contributed by atoms with Crippen LogP contribution in [0.1, 0.15) is 37.0 Å². The molecule has 0 aliphatic rings. The average molecular weight is 308 g/mol. The van der Waals surface area contributed by atoms with E-state index in [0.717, 1.165) is 22.7 Å². The second-order valence-corrected chi connectivity index (χ2v) is 6.12. The van der Waals surface area contributed by atoms with E-state index in [1.807, 2.05) is 11.4 Å². The van der Waals surface area contributed by atoms with Crippen molar-refractivity contribution in [2.45, 2.75) is 46.4 Å². The van der Waals surface area contributed by atoms with E-state index < -0.39 is 0 Å². The van der Waals surface area contributed by atoms with E-state index in [2.05, 4.69) is 31.1 Å². The molecule has 1 heterocycles. The fourth-order valence-corrected chi connectivity index (χ4v) is 2.55. The van der Waals surface area contributed by atoms with Gasteiger partial charge < -0.3 is 10.1 Å². The van der Waals surface area contributed by atoms with Crippen LogP contribution in [0.25, 0.3) is 0 Å². The smallest absolute Gasteiger partial charge is 0.165 e. The summed E-state index contributed by atoms with van der Waals surface area (Å²) < 4.78 is 19.5. The molecule has 0 spiro atoms. The number of nitrogens with one attached hydrogen (secondary N) is 1. The van der Waals surface area contributed by atoms with Crippen molar-refractivity contribution in [3.63, 3.8) is 0 Å². The summed E-state index contributed by atoms with van der Waals surface area (Å²) in [4.78, 5) is 4.40. The lowest BCUT2D eigenvalue weighted by Crippen LogP contribution is -2.21. The zero-order valence-corrected chi connectivity index (χ0v) is 13.5. The van der Waals surface area contributed by atoms with E-state index in [4.69, 9.17) is 4.74 Å². The summed E-state index contributed by atoms with van der Waals surface area (Å²) in [5, 5.41) is 6.29. The van der Waals surface area contributed by atoms with Crippen molar-refractivity contribution in [3.8, 4) is 5.75 Å². The van der Waals surface area contributed by atoms with Gasteiger partial charge in [0, 0.05) is 18.0 Å². The van der Waals surface area contributed by atoms with Crippen LogP contribution in [0, 0.1) is 5.82 Å². The molecule has 0 amide bonds. The zero-order valence-electron chi connectivity index (χ0n) is 12.6. The van der Waals surface area contributed by atoms with Gasteiger partial charge in [-0.15, -0.1) is 11.3 Å². The normalized spacial score (nSPS) is 11.1. The second-order valence-electron chi connectivity index (χ2n) is 5.18. The molecule has 0 aliphatic carbocycles. The lowest BCUT2D eigenvalue weighted by molar-refractivity contribution is 0.286. The van der Waals surface area contributed by atoms with Crippen molar-refractivity contribution in [1.82, 2.24) is 10.3 Å². The van der Waals surface area contributed by atoms with Crippen LogP contribution in [0.15, 0.2) is 23.6 Å². The molecule has 1 aromatic heterocycles. The van der Waals surface area contributed by atoms with Crippen LogP contribution >= 0.6 is 11.3 Å². The molecule has 1 aromatic carbocycles. The summed E-state index contributed by atoms with van der Waals surface area (Å²) in [6.07, 6.45) is 0.913. The van der Waals surface area contributed by atoms with Crippen molar-refractivity contribution in [3.05, 3.63) is 45.7 Å². The second kappa shape index (κ2) is 7.52. The van der Waals surface area contributed by atoms with Crippen LogP contribution in [-0.4, -0.2) is 11.0 Å². The summed E-state index contributed by atoms with van der Waals surface area (Å²) in [5.74, 6) is -0.0571. The monoisotopic (exact) mass is 308 g/mol. The molecule has 3 nitrogen and oxygen atoms in total. The number of hydrogen-bond acceptors (Lipinski definition) is 4. The molecule has 5 heteroatoms. The van der Waals surface area contributed by atoms with Crippen molar-refractivity contribution in [2.75, 3.05) is 0 Å². The number of hydrogen-bond donors (Lipinski definition) is 1. The third-order valence-corrected chi connectivity index (χ3v) is 4.03.